The van der Waals surface area contributed by atoms with Gasteiger partial charge in [-0.05, 0) is 37.5 Å². The van der Waals surface area contributed by atoms with E-state index in [2.05, 4.69) is 26.1 Å². The maximum Gasteiger partial charge on any atom is 0.267 e. The number of rotatable bonds is 9. The SMILES string of the molecule is CC[C@@H](Nc1cnc(C=CC(=O)NOC2CCCCO2)cn1)C(=O)Nc1ccccc1. The first-order valence-electron chi connectivity index (χ1n) is 10.3. The number of carbonyl (C=O) groups is 2. The Hall–Kier alpha value is -3.30. The second-order valence-corrected chi connectivity index (χ2v) is 7.00. The van der Waals surface area contributed by atoms with Crippen LogP contribution in [-0.2, 0) is 19.2 Å². The smallest absolute Gasteiger partial charge is 0.267 e. The number of hydroxylamine groups is 1. The highest BCUT2D eigenvalue weighted by atomic mass is 16.8. The van der Waals surface area contributed by atoms with Crippen LogP contribution in [0.2, 0.25) is 0 Å². The number of ether oxygens (including phenoxy) is 1. The number of benzene rings is 1. The van der Waals surface area contributed by atoms with E-state index in [4.69, 9.17) is 9.57 Å². The van der Waals surface area contributed by atoms with Crippen LogP contribution in [0.1, 0.15) is 38.3 Å². The van der Waals surface area contributed by atoms with E-state index in [-0.39, 0.29) is 5.91 Å². The average molecular weight is 425 g/mol. The fraction of sp³-hybridized carbons (Fsp3) is 0.364. The second kappa shape index (κ2) is 11.8. The molecule has 1 fully saturated rings. The van der Waals surface area contributed by atoms with Crippen LogP contribution in [0, 0.1) is 0 Å². The molecule has 1 aliphatic heterocycles. The first-order chi connectivity index (χ1) is 15.1. The van der Waals surface area contributed by atoms with Crippen molar-refractivity contribution in [3.63, 3.8) is 0 Å². The number of aromatic nitrogens is 2. The largest absolute Gasteiger partial charge is 0.357 e. The van der Waals surface area contributed by atoms with Gasteiger partial charge in [-0.1, -0.05) is 25.1 Å². The van der Waals surface area contributed by atoms with E-state index in [1.54, 1.807) is 0 Å². The van der Waals surface area contributed by atoms with Crippen LogP contribution in [0.15, 0.2) is 48.8 Å². The third-order valence-corrected chi connectivity index (χ3v) is 4.59. The predicted octanol–water partition coefficient (Wildman–Crippen LogP) is 2.89. The lowest BCUT2D eigenvalue weighted by atomic mass is 10.2. The van der Waals surface area contributed by atoms with Crippen molar-refractivity contribution in [2.45, 2.75) is 44.9 Å². The number of para-hydroxylation sites is 1. The molecule has 3 N–H and O–H groups in total. The molecule has 1 unspecified atom stereocenters. The Bertz CT molecular complexity index is 867. The van der Waals surface area contributed by atoms with Crippen molar-refractivity contribution in [2.24, 2.45) is 0 Å². The molecular formula is C22H27N5O4. The van der Waals surface area contributed by atoms with Gasteiger partial charge in [-0.25, -0.2) is 15.3 Å². The quantitative estimate of drug-likeness (QED) is 0.418. The van der Waals surface area contributed by atoms with E-state index in [9.17, 15) is 9.59 Å². The maximum absolute atomic E-state index is 12.5. The van der Waals surface area contributed by atoms with Crippen molar-refractivity contribution < 1.29 is 19.2 Å². The highest BCUT2D eigenvalue weighted by Crippen LogP contribution is 2.13. The first kappa shape index (κ1) is 22.4. The van der Waals surface area contributed by atoms with Gasteiger partial charge in [0.25, 0.3) is 5.91 Å². The lowest BCUT2D eigenvalue weighted by molar-refractivity contribution is -0.198. The normalized spacial score (nSPS) is 17.1. The van der Waals surface area contributed by atoms with E-state index in [1.165, 1.54) is 24.5 Å². The molecule has 0 spiro atoms. The van der Waals surface area contributed by atoms with Crippen LogP contribution in [0.5, 0.6) is 0 Å². The molecule has 1 aliphatic rings. The summed E-state index contributed by atoms with van der Waals surface area (Å²) in [4.78, 5) is 38.0. The molecular weight excluding hydrogens is 398 g/mol. The number of anilines is 2. The lowest BCUT2D eigenvalue weighted by Gasteiger charge is -2.21. The van der Waals surface area contributed by atoms with Crippen molar-refractivity contribution in [1.29, 1.82) is 0 Å². The van der Waals surface area contributed by atoms with Gasteiger partial charge in [-0.2, -0.15) is 0 Å². The molecule has 31 heavy (non-hydrogen) atoms. The molecule has 0 saturated carbocycles. The van der Waals surface area contributed by atoms with Gasteiger partial charge in [0.15, 0.2) is 6.29 Å². The van der Waals surface area contributed by atoms with Crippen molar-refractivity contribution >= 4 is 29.4 Å². The predicted molar refractivity (Wildman–Crippen MR) is 117 cm³/mol. The van der Waals surface area contributed by atoms with Crippen LogP contribution < -0.4 is 16.1 Å². The number of amides is 2. The zero-order valence-electron chi connectivity index (χ0n) is 17.4. The Kier molecular flexibility index (Phi) is 8.50. The minimum absolute atomic E-state index is 0.155. The number of nitrogens with zero attached hydrogens (tertiary/aromatic N) is 2. The molecule has 9 nitrogen and oxygen atoms in total. The molecule has 1 aromatic carbocycles. The zero-order valence-corrected chi connectivity index (χ0v) is 17.4. The summed E-state index contributed by atoms with van der Waals surface area (Å²) in [6.45, 7) is 2.55. The van der Waals surface area contributed by atoms with E-state index in [1.807, 2.05) is 37.3 Å². The molecule has 1 saturated heterocycles. The van der Waals surface area contributed by atoms with Gasteiger partial charge in [0.1, 0.15) is 11.9 Å². The number of nitrogens with one attached hydrogen (secondary N) is 3. The Morgan fingerprint density at radius 3 is 2.74 bits per heavy atom. The van der Waals surface area contributed by atoms with Gasteiger partial charge in [-0.15, -0.1) is 0 Å². The van der Waals surface area contributed by atoms with Crippen molar-refractivity contribution in [3.05, 3.63) is 54.5 Å². The first-order valence-corrected chi connectivity index (χ1v) is 10.3. The summed E-state index contributed by atoms with van der Waals surface area (Å²) in [5, 5.41) is 5.94. The van der Waals surface area contributed by atoms with E-state index in [0.29, 0.717) is 24.5 Å². The molecule has 1 aromatic heterocycles. The van der Waals surface area contributed by atoms with E-state index < -0.39 is 18.2 Å². The van der Waals surface area contributed by atoms with Crippen molar-refractivity contribution in [1.82, 2.24) is 15.4 Å². The van der Waals surface area contributed by atoms with Crippen LogP contribution in [-0.4, -0.2) is 40.7 Å². The summed E-state index contributed by atoms with van der Waals surface area (Å²) in [5.74, 6) is -0.102. The van der Waals surface area contributed by atoms with Gasteiger partial charge in [0, 0.05) is 24.8 Å². The molecule has 2 heterocycles. The second-order valence-electron chi connectivity index (χ2n) is 7.00. The molecule has 2 aromatic rings. The highest BCUT2D eigenvalue weighted by Gasteiger charge is 2.17. The molecule has 2 amide bonds. The van der Waals surface area contributed by atoms with Crippen LogP contribution in [0.25, 0.3) is 6.08 Å². The Labute approximate surface area is 181 Å². The molecule has 2 atom stereocenters. The summed E-state index contributed by atoms with van der Waals surface area (Å²) in [6, 6.07) is 8.80. The molecule has 3 rings (SSSR count). The summed E-state index contributed by atoms with van der Waals surface area (Å²) >= 11 is 0. The summed E-state index contributed by atoms with van der Waals surface area (Å²) < 4.78 is 5.38. The minimum Gasteiger partial charge on any atom is -0.357 e. The maximum atomic E-state index is 12.5. The average Bonchev–Trinajstić information content (AvgIpc) is 2.82. The molecule has 9 heteroatoms. The molecule has 0 aliphatic carbocycles. The van der Waals surface area contributed by atoms with Gasteiger partial charge < -0.3 is 15.4 Å². The van der Waals surface area contributed by atoms with Crippen LogP contribution in [0.4, 0.5) is 11.5 Å². The molecule has 164 valence electrons. The third kappa shape index (κ3) is 7.47. The number of hydrogen-bond acceptors (Lipinski definition) is 7. The standard InChI is InChI=1S/C22H27N5O4/c1-2-18(22(29)25-16-8-4-3-5-9-16)26-19-15-23-17(14-24-19)11-12-20(28)27-31-21-10-6-7-13-30-21/h3-5,8-9,11-12,14-15,18,21H,2,6-7,10,13H2,1H3,(H,24,26)(H,25,29)(H,27,28)/t18-,21?/m1/s1. The Balaban J connectivity index is 1.47. The van der Waals surface area contributed by atoms with Crippen LogP contribution in [0.3, 0.4) is 0 Å². The Morgan fingerprint density at radius 2 is 2.06 bits per heavy atom. The minimum atomic E-state index is -0.458. The Morgan fingerprint density at radius 1 is 1.23 bits per heavy atom. The van der Waals surface area contributed by atoms with E-state index >= 15 is 0 Å². The van der Waals surface area contributed by atoms with Gasteiger partial charge in [0.05, 0.1) is 18.1 Å². The zero-order chi connectivity index (χ0) is 21.9. The molecule has 0 radical (unpaired) electrons. The summed E-state index contributed by atoms with van der Waals surface area (Å²) in [5.41, 5.74) is 3.57. The summed E-state index contributed by atoms with van der Waals surface area (Å²) in [6.07, 6.45) is 8.81. The topological polar surface area (TPSA) is 114 Å². The fourth-order valence-corrected chi connectivity index (χ4v) is 2.90. The number of carbonyl (C=O) groups excluding carboxylic acids is 2. The van der Waals surface area contributed by atoms with Crippen molar-refractivity contribution in [2.75, 3.05) is 17.2 Å². The third-order valence-electron chi connectivity index (χ3n) is 4.59. The monoisotopic (exact) mass is 425 g/mol. The number of hydrogen-bond donors (Lipinski definition) is 3. The van der Waals surface area contributed by atoms with Gasteiger partial charge in [-0.3, -0.25) is 14.6 Å². The van der Waals surface area contributed by atoms with Gasteiger partial charge in [0.2, 0.25) is 5.91 Å². The molecule has 0 bridgehead atoms. The van der Waals surface area contributed by atoms with Crippen molar-refractivity contribution in [3.8, 4) is 0 Å². The fourth-order valence-electron chi connectivity index (χ4n) is 2.90. The lowest BCUT2D eigenvalue weighted by Crippen LogP contribution is -2.34. The summed E-state index contributed by atoms with van der Waals surface area (Å²) in [7, 11) is 0. The van der Waals surface area contributed by atoms with Crippen LogP contribution >= 0.6 is 0 Å². The van der Waals surface area contributed by atoms with Gasteiger partial charge >= 0.3 is 0 Å². The van der Waals surface area contributed by atoms with E-state index in [0.717, 1.165) is 24.9 Å². The highest BCUT2D eigenvalue weighted by molar-refractivity contribution is 5.96.